The summed E-state index contributed by atoms with van der Waals surface area (Å²) >= 11 is 0. The Morgan fingerprint density at radius 1 is 0.913 bits per heavy atom. The van der Waals surface area contributed by atoms with Crippen molar-refractivity contribution in [3.8, 4) is 0 Å². The van der Waals surface area contributed by atoms with Crippen molar-refractivity contribution in [2.45, 2.75) is 17.7 Å². The molecular weight excluding hydrogens is 348 g/mol. The van der Waals surface area contributed by atoms with Gasteiger partial charge in [-0.1, -0.05) is 0 Å². The molecule has 128 valence electrons. The van der Waals surface area contributed by atoms with E-state index in [1.165, 1.54) is 0 Å². The molecule has 1 aromatic rings. The third-order valence-corrected chi connectivity index (χ3v) is 5.55. The molecule has 0 aromatic heterocycles. The molecule has 2 amide bonds. The number of hydrogen-bond acceptors (Lipinski definition) is 6. The number of carbonyl (C=O) groups is 2. The summed E-state index contributed by atoms with van der Waals surface area (Å²) in [5, 5.41) is 0. The number of amides is 2. The molecule has 1 aromatic carbocycles. The Kier molecular flexibility index (Phi) is 5.86. The van der Waals surface area contributed by atoms with Gasteiger partial charge in [0, 0.05) is 0 Å². The number of hydrogen-bond donors (Lipinski definition) is 3. The number of unbranched alkanes of at least 4 members (excludes halogenated alkanes) is 1. The van der Waals surface area contributed by atoms with Gasteiger partial charge in [0.25, 0.3) is 10.1 Å². The molecule has 5 N–H and O–H groups in total. The van der Waals surface area contributed by atoms with Crippen LogP contribution in [0.25, 0.3) is 0 Å². The Morgan fingerprint density at radius 3 is 1.91 bits per heavy atom. The van der Waals surface area contributed by atoms with Crippen molar-refractivity contribution in [3.05, 3.63) is 29.3 Å². The Hall–Kier alpha value is -1.98. The van der Waals surface area contributed by atoms with Gasteiger partial charge in [0.05, 0.1) is 27.5 Å². The molecule has 0 unspecified atom stereocenters. The summed E-state index contributed by atoms with van der Waals surface area (Å²) in [5.74, 6) is -2.86. The number of nitrogens with two attached hydrogens (primary N) is 2. The van der Waals surface area contributed by atoms with Crippen LogP contribution in [0.1, 0.15) is 33.6 Å². The zero-order chi connectivity index (χ0) is 17.8. The van der Waals surface area contributed by atoms with Crippen LogP contribution in [-0.4, -0.2) is 44.7 Å². The van der Waals surface area contributed by atoms with Gasteiger partial charge in [-0.25, -0.2) is 8.42 Å². The molecule has 9 nitrogen and oxygen atoms in total. The van der Waals surface area contributed by atoms with E-state index in [4.69, 9.17) is 16.0 Å². The van der Waals surface area contributed by atoms with E-state index in [9.17, 15) is 26.4 Å². The lowest BCUT2D eigenvalue weighted by Gasteiger charge is -2.08. The second kappa shape index (κ2) is 7.06. The van der Waals surface area contributed by atoms with Crippen molar-refractivity contribution >= 4 is 31.8 Å². The fourth-order valence-electron chi connectivity index (χ4n) is 1.83. The van der Waals surface area contributed by atoms with Crippen molar-refractivity contribution in [1.82, 2.24) is 0 Å². The van der Waals surface area contributed by atoms with E-state index in [0.29, 0.717) is 0 Å². The molecule has 0 aliphatic rings. The third kappa shape index (κ3) is 5.62. The molecule has 0 aliphatic carbocycles. The summed E-state index contributed by atoms with van der Waals surface area (Å²) in [5.41, 5.74) is 9.67. The van der Waals surface area contributed by atoms with Crippen LogP contribution >= 0.6 is 0 Å². The molecule has 0 bridgehead atoms. The number of rotatable bonds is 8. The van der Waals surface area contributed by atoms with Crippen molar-refractivity contribution in [3.63, 3.8) is 0 Å². The average molecular weight is 364 g/mol. The van der Waals surface area contributed by atoms with Crippen LogP contribution in [0.3, 0.4) is 0 Å². The molecule has 0 radical (unpaired) electrons. The molecule has 0 spiro atoms. The van der Waals surface area contributed by atoms with Crippen LogP contribution in [0.2, 0.25) is 0 Å². The largest absolute Gasteiger partial charge is 0.366 e. The molecule has 1 rings (SSSR count). The zero-order valence-electron chi connectivity index (χ0n) is 11.9. The van der Waals surface area contributed by atoms with Gasteiger partial charge in [-0.15, -0.1) is 0 Å². The first-order valence-corrected chi connectivity index (χ1v) is 9.62. The van der Waals surface area contributed by atoms with Gasteiger partial charge >= 0.3 is 0 Å². The van der Waals surface area contributed by atoms with Gasteiger partial charge in [0.15, 0.2) is 9.84 Å². The highest BCUT2D eigenvalue weighted by atomic mass is 32.2. The van der Waals surface area contributed by atoms with Crippen LogP contribution in [0, 0.1) is 0 Å². The molecule has 0 saturated carbocycles. The Morgan fingerprint density at radius 2 is 1.43 bits per heavy atom. The lowest BCUT2D eigenvalue weighted by Crippen LogP contribution is -2.21. The van der Waals surface area contributed by atoms with E-state index in [2.05, 4.69) is 0 Å². The summed E-state index contributed by atoms with van der Waals surface area (Å²) in [4.78, 5) is 22.2. The molecular formula is C12H16N2O7S2. The number of sulfone groups is 1. The highest BCUT2D eigenvalue weighted by Crippen LogP contribution is 2.18. The quantitative estimate of drug-likeness (QED) is 0.404. The monoisotopic (exact) mass is 364 g/mol. The Labute approximate surface area is 133 Å². The molecule has 23 heavy (non-hydrogen) atoms. The summed E-state index contributed by atoms with van der Waals surface area (Å²) in [6.45, 7) is 0. The Bertz CT molecular complexity index is 829. The molecule has 0 heterocycles. The van der Waals surface area contributed by atoms with Crippen LogP contribution in [-0.2, 0) is 20.0 Å². The number of carbonyl (C=O) groups excluding carboxylic acids is 2. The maximum Gasteiger partial charge on any atom is 0.264 e. The fourth-order valence-corrected chi connectivity index (χ4v) is 3.79. The van der Waals surface area contributed by atoms with E-state index in [1.54, 1.807) is 0 Å². The number of primary amides is 2. The predicted octanol–water partition coefficient (Wildman–Crippen LogP) is -0.674. The minimum Gasteiger partial charge on any atom is -0.366 e. The van der Waals surface area contributed by atoms with Crippen molar-refractivity contribution < 1.29 is 31.0 Å². The molecule has 0 saturated heterocycles. The van der Waals surface area contributed by atoms with Gasteiger partial charge in [0.1, 0.15) is 0 Å². The first-order valence-electron chi connectivity index (χ1n) is 6.35. The second-order valence-electron chi connectivity index (χ2n) is 4.75. The minimum absolute atomic E-state index is 0.00833. The van der Waals surface area contributed by atoms with Gasteiger partial charge in [0.2, 0.25) is 11.8 Å². The van der Waals surface area contributed by atoms with E-state index in [0.717, 1.165) is 18.2 Å². The first kappa shape index (κ1) is 19.1. The Balaban J connectivity index is 2.98. The fraction of sp³-hybridized carbons (Fsp3) is 0.333. The highest BCUT2D eigenvalue weighted by molar-refractivity contribution is 7.91. The average Bonchev–Trinajstić information content (AvgIpc) is 2.41. The predicted molar refractivity (Wildman–Crippen MR) is 81.2 cm³/mol. The van der Waals surface area contributed by atoms with E-state index < -0.39 is 43.3 Å². The smallest absolute Gasteiger partial charge is 0.264 e. The molecule has 11 heteroatoms. The van der Waals surface area contributed by atoms with Crippen molar-refractivity contribution in [1.29, 1.82) is 0 Å². The van der Waals surface area contributed by atoms with Crippen molar-refractivity contribution in [2.75, 3.05) is 11.5 Å². The first-order chi connectivity index (χ1) is 10.4. The summed E-state index contributed by atoms with van der Waals surface area (Å²) < 4.78 is 54.0. The number of benzene rings is 1. The van der Waals surface area contributed by atoms with Crippen LogP contribution in [0.5, 0.6) is 0 Å². The van der Waals surface area contributed by atoms with Crippen LogP contribution < -0.4 is 11.5 Å². The summed E-state index contributed by atoms with van der Waals surface area (Å²) in [6.07, 6.45) is -0.0499. The van der Waals surface area contributed by atoms with Crippen LogP contribution in [0.4, 0.5) is 0 Å². The maximum absolute atomic E-state index is 12.1. The van der Waals surface area contributed by atoms with Gasteiger partial charge < -0.3 is 11.5 Å². The molecule has 0 atom stereocenters. The molecule has 0 fully saturated rings. The van der Waals surface area contributed by atoms with Gasteiger partial charge in [-0.05, 0) is 31.0 Å². The maximum atomic E-state index is 12.1. The lowest BCUT2D eigenvalue weighted by atomic mass is 10.1. The topological polar surface area (TPSA) is 175 Å². The lowest BCUT2D eigenvalue weighted by molar-refractivity contribution is 0.0967. The molecule has 0 aliphatic heterocycles. The van der Waals surface area contributed by atoms with Gasteiger partial charge in [-0.3, -0.25) is 14.1 Å². The minimum atomic E-state index is -4.15. The third-order valence-electron chi connectivity index (χ3n) is 2.95. The van der Waals surface area contributed by atoms with Crippen molar-refractivity contribution in [2.24, 2.45) is 11.5 Å². The SMILES string of the molecule is NC(=O)c1ccc(S(=O)(=O)CCCCS(=O)(=O)O)cc1C(N)=O. The van der Waals surface area contributed by atoms with E-state index in [-0.39, 0.29) is 28.9 Å². The summed E-state index contributed by atoms with van der Waals surface area (Å²) in [7, 11) is -7.96. The standard InChI is InChI=1S/C12H16N2O7S2/c13-11(15)9-4-3-8(7-10(9)12(14)16)22(17,18)5-1-2-6-23(19,20)21/h3-4,7H,1-2,5-6H2,(H2,13,15)(H2,14,16)(H,19,20,21). The van der Waals surface area contributed by atoms with Gasteiger partial charge in [-0.2, -0.15) is 8.42 Å². The van der Waals surface area contributed by atoms with E-state index in [1.807, 2.05) is 0 Å². The zero-order valence-corrected chi connectivity index (χ0v) is 13.6. The van der Waals surface area contributed by atoms with Crippen LogP contribution in [0.15, 0.2) is 23.1 Å². The highest BCUT2D eigenvalue weighted by Gasteiger charge is 2.20. The normalized spacial score (nSPS) is 12.0. The summed E-state index contributed by atoms with van der Waals surface area (Å²) in [6, 6.07) is 3.17. The second-order valence-corrected chi connectivity index (χ2v) is 8.43. The van der Waals surface area contributed by atoms with E-state index >= 15 is 0 Å².